The molecule has 1 aliphatic carbocycles. The van der Waals surface area contributed by atoms with E-state index < -0.39 is 15.4 Å². The minimum absolute atomic E-state index is 0.302. The number of hydrogen-bond acceptors (Lipinski definition) is 3. The number of benzene rings is 4. The Labute approximate surface area is 244 Å². The minimum atomic E-state index is -3.82. The van der Waals surface area contributed by atoms with Crippen LogP contribution in [0.5, 0.6) is 0 Å². The summed E-state index contributed by atoms with van der Waals surface area (Å²) in [7, 11) is -3.82. The van der Waals surface area contributed by atoms with E-state index in [2.05, 4.69) is 76.6 Å². The van der Waals surface area contributed by atoms with E-state index in [4.69, 9.17) is 4.74 Å². The quantitative estimate of drug-likeness (QED) is 0.241. The van der Waals surface area contributed by atoms with E-state index in [0.29, 0.717) is 17.9 Å². The summed E-state index contributed by atoms with van der Waals surface area (Å²) in [4.78, 5) is 0.306. The Bertz CT molecular complexity index is 1690. The van der Waals surface area contributed by atoms with Crippen molar-refractivity contribution in [1.29, 1.82) is 0 Å². The van der Waals surface area contributed by atoms with Crippen LogP contribution in [0.1, 0.15) is 35.1 Å². The van der Waals surface area contributed by atoms with Crippen LogP contribution in [0.25, 0.3) is 5.76 Å². The fourth-order valence-electron chi connectivity index (χ4n) is 6.92. The number of sulfonamides is 1. The summed E-state index contributed by atoms with van der Waals surface area (Å²) in [6.07, 6.45) is 2.80. The maximum atomic E-state index is 14.5. The van der Waals surface area contributed by atoms with Gasteiger partial charge < -0.3 is 4.74 Å². The first-order valence-electron chi connectivity index (χ1n) is 13.8. The van der Waals surface area contributed by atoms with Crippen molar-refractivity contribution in [3.8, 4) is 0 Å². The average molecular weight is 613 g/mol. The highest BCUT2D eigenvalue weighted by atomic mass is 79.9. The molecular formula is C34H30BrNO3S. The van der Waals surface area contributed by atoms with Crippen LogP contribution in [0.15, 0.2) is 124 Å². The zero-order chi connectivity index (χ0) is 27.3. The lowest BCUT2D eigenvalue weighted by Crippen LogP contribution is -2.63. The monoisotopic (exact) mass is 611 g/mol. The van der Waals surface area contributed by atoms with Crippen molar-refractivity contribution in [1.82, 2.24) is 4.31 Å². The zero-order valence-electron chi connectivity index (χ0n) is 22.0. The first kappa shape index (κ1) is 25.8. The smallest absolute Gasteiger partial charge is 0.243 e. The molecule has 3 atom stereocenters. The summed E-state index contributed by atoms with van der Waals surface area (Å²) in [5.74, 6) is 0.959. The fraction of sp³-hybridized carbons (Fsp3) is 0.235. The van der Waals surface area contributed by atoms with Crippen LogP contribution in [0.3, 0.4) is 0 Å². The van der Waals surface area contributed by atoms with Gasteiger partial charge in [0, 0.05) is 28.4 Å². The summed E-state index contributed by atoms with van der Waals surface area (Å²) >= 11 is 3.46. The van der Waals surface area contributed by atoms with Crippen molar-refractivity contribution in [2.75, 3.05) is 6.54 Å². The van der Waals surface area contributed by atoms with E-state index in [9.17, 15) is 8.42 Å². The van der Waals surface area contributed by atoms with Gasteiger partial charge in [0.25, 0.3) is 0 Å². The number of aryl methyl sites for hydroxylation is 1. The third-order valence-corrected chi connectivity index (χ3v) is 11.2. The van der Waals surface area contributed by atoms with E-state index in [1.807, 2.05) is 24.3 Å². The largest absolute Gasteiger partial charge is 0.488 e. The van der Waals surface area contributed by atoms with Gasteiger partial charge >= 0.3 is 0 Å². The van der Waals surface area contributed by atoms with E-state index in [0.717, 1.165) is 46.2 Å². The van der Waals surface area contributed by atoms with Crippen molar-refractivity contribution in [2.45, 2.75) is 48.1 Å². The Morgan fingerprint density at radius 1 is 0.825 bits per heavy atom. The molecule has 2 heterocycles. The summed E-state index contributed by atoms with van der Waals surface area (Å²) < 4.78 is 38.6. The predicted molar refractivity (Wildman–Crippen MR) is 161 cm³/mol. The molecule has 0 radical (unpaired) electrons. The van der Waals surface area contributed by atoms with Gasteiger partial charge in [-0.2, -0.15) is 4.31 Å². The van der Waals surface area contributed by atoms with Crippen LogP contribution in [0.2, 0.25) is 0 Å². The van der Waals surface area contributed by atoms with Gasteiger partial charge in [-0.15, -0.1) is 0 Å². The Balaban J connectivity index is 1.43. The predicted octanol–water partition coefficient (Wildman–Crippen LogP) is 7.15. The van der Waals surface area contributed by atoms with Gasteiger partial charge in [-0.25, -0.2) is 8.42 Å². The molecule has 0 N–H and O–H groups in total. The molecule has 2 aliphatic heterocycles. The SMILES string of the molecule is O=S(=O)(c1ccc(Br)cc1)N1C[C@@]2(c3ccccc3)CC(OC3=C2CCc2ccccc23)[C@@H]1Cc1ccccc1. The van der Waals surface area contributed by atoms with Gasteiger partial charge in [0.2, 0.25) is 10.0 Å². The molecule has 0 saturated carbocycles. The summed E-state index contributed by atoms with van der Waals surface area (Å²) in [5, 5.41) is 0. The average Bonchev–Trinajstić information content (AvgIpc) is 2.99. The maximum Gasteiger partial charge on any atom is 0.243 e. The van der Waals surface area contributed by atoms with E-state index in [-0.39, 0.29) is 12.1 Å². The highest BCUT2D eigenvalue weighted by Crippen LogP contribution is 2.54. The molecule has 7 rings (SSSR count). The van der Waals surface area contributed by atoms with Crippen molar-refractivity contribution in [2.24, 2.45) is 0 Å². The number of rotatable bonds is 5. The molecule has 1 fully saturated rings. The van der Waals surface area contributed by atoms with Crippen LogP contribution in [0, 0.1) is 0 Å². The Morgan fingerprint density at radius 3 is 2.25 bits per heavy atom. The Morgan fingerprint density at radius 2 is 1.50 bits per heavy atom. The molecule has 4 aromatic carbocycles. The van der Waals surface area contributed by atoms with Crippen LogP contribution in [-0.2, 0) is 33.0 Å². The summed E-state index contributed by atoms with van der Waals surface area (Å²) in [6.45, 7) is 0.383. The first-order valence-corrected chi connectivity index (χ1v) is 16.0. The highest BCUT2D eigenvalue weighted by molar-refractivity contribution is 9.10. The van der Waals surface area contributed by atoms with Gasteiger partial charge in [-0.05, 0) is 65.8 Å². The molecule has 6 heteroatoms. The van der Waals surface area contributed by atoms with Crippen molar-refractivity contribution < 1.29 is 13.2 Å². The normalized spacial score (nSPS) is 24.1. The number of fused-ring (bicyclic) bond motifs is 5. The second kappa shape index (κ2) is 10.0. The molecule has 3 aliphatic rings. The van der Waals surface area contributed by atoms with Gasteiger partial charge in [0.05, 0.1) is 10.9 Å². The standard InChI is InChI=1S/C34H30BrNO3S/c35-27-16-18-28(19-17-27)40(37,38)36-23-34(26-12-5-2-6-13-26)22-32(31(36)21-24-9-3-1-4-10-24)39-33-29-14-8-7-11-25(29)15-20-30(33)34/h1-14,16-19,31-32H,15,20-23H2/t31-,32?,34+/m0/s1. The Kier molecular flexibility index (Phi) is 6.45. The van der Waals surface area contributed by atoms with Gasteiger partial charge in [0.1, 0.15) is 11.9 Å². The molecule has 0 aromatic heterocycles. The molecule has 4 nitrogen and oxygen atoms in total. The van der Waals surface area contributed by atoms with Gasteiger partial charge in [-0.1, -0.05) is 101 Å². The lowest BCUT2D eigenvalue weighted by molar-refractivity contribution is 0.00145. The number of ether oxygens (including phenoxy) is 1. The molecule has 1 saturated heterocycles. The molecule has 40 heavy (non-hydrogen) atoms. The molecular weight excluding hydrogens is 582 g/mol. The van der Waals surface area contributed by atoms with E-state index in [1.54, 1.807) is 28.6 Å². The lowest BCUT2D eigenvalue weighted by atomic mass is 9.62. The zero-order valence-corrected chi connectivity index (χ0v) is 24.4. The number of nitrogens with zero attached hydrogens (tertiary/aromatic N) is 1. The fourth-order valence-corrected chi connectivity index (χ4v) is 8.90. The molecule has 0 spiro atoms. The minimum Gasteiger partial charge on any atom is -0.488 e. The van der Waals surface area contributed by atoms with E-state index in [1.165, 1.54) is 11.1 Å². The molecule has 0 amide bonds. The van der Waals surface area contributed by atoms with E-state index >= 15 is 0 Å². The molecule has 202 valence electrons. The summed E-state index contributed by atoms with van der Waals surface area (Å²) in [5.41, 5.74) is 5.46. The van der Waals surface area contributed by atoms with Crippen molar-refractivity contribution >= 4 is 31.7 Å². The third-order valence-electron chi connectivity index (χ3n) is 8.84. The highest BCUT2D eigenvalue weighted by Gasteiger charge is 2.56. The Hall–Kier alpha value is -3.19. The van der Waals surface area contributed by atoms with Gasteiger partial charge in [0.15, 0.2) is 0 Å². The van der Waals surface area contributed by atoms with Crippen molar-refractivity contribution in [3.63, 3.8) is 0 Å². The number of halogens is 1. The topological polar surface area (TPSA) is 46.6 Å². The summed E-state index contributed by atoms with van der Waals surface area (Å²) in [6, 6.07) is 35.8. The van der Waals surface area contributed by atoms with Crippen molar-refractivity contribution in [3.05, 3.63) is 141 Å². The van der Waals surface area contributed by atoms with Crippen LogP contribution < -0.4 is 0 Å². The maximum absolute atomic E-state index is 14.5. The van der Waals surface area contributed by atoms with Gasteiger partial charge in [-0.3, -0.25) is 0 Å². The molecule has 2 bridgehead atoms. The number of piperidine rings is 1. The van der Waals surface area contributed by atoms with Crippen LogP contribution >= 0.6 is 15.9 Å². The lowest BCUT2D eigenvalue weighted by Gasteiger charge is -2.55. The third kappa shape index (κ3) is 4.25. The second-order valence-electron chi connectivity index (χ2n) is 11.0. The molecule has 4 aromatic rings. The molecule has 1 unspecified atom stereocenters. The van der Waals surface area contributed by atoms with Crippen LogP contribution in [0.4, 0.5) is 0 Å². The first-order chi connectivity index (χ1) is 19.5. The number of hydrogen-bond donors (Lipinski definition) is 0. The second-order valence-corrected chi connectivity index (χ2v) is 13.8. The van der Waals surface area contributed by atoms with Crippen LogP contribution in [-0.4, -0.2) is 31.4 Å².